The van der Waals surface area contributed by atoms with Crippen LogP contribution in [0.4, 0.5) is 8.78 Å². The monoisotopic (exact) mass is 379 g/mol. The summed E-state index contributed by atoms with van der Waals surface area (Å²) in [6, 6.07) is 6.69. The Morgan fingerprint density at radius 2 is 2.09 bits per heavy atom. The summed E-state index contributed by atoms with van der Waals surface area (Å²) < 4.78 is 31.1. The summed E-state index contributed by atoms with van der Waals surface area (Å²) in [4.78, 5) is 5.06. The van der Waals surface area contributed by atoms with E-state index < -0.39 is 6.61 Å². The highest BCUT2D eigenvalue weighted by Crippen LogP contribution is 2.22. The Hall–Kier alpha value is -1.41. The molecule has 0 aliphatic heterocycles. The van der Waals surface area contributed by atoms with Crippen LogP contribution in [0.3, 0.4) is 0 Å². The fourth-order valence-corrected chi connectivity index (χ4v) is 3.16. The van der Waals surface area contributed by atoms with Crippen molar-refractivity contribution in [1.29, 1.82) is 0 Å². The van der Waals surface area contributed by atoms with E-state index in [1.807, 2.05) is 16.0 Å². The second-order valence-corrected chi connectivity index (χ2v) is 5.73. The second-order valence-electron chi connectivity index (χ2n) is 4.49. The zero-order valence-corrected chi connectivity index (χ0v) is 14.1. The van der Waals surface area contributed by atoms with E-state index in [0.29, 0.717) is 23.8 Å². The van der Waals surface area contributed by atoms with Crippen molar-refractivity contribution < 1.29 is 13.5 Å². The minimum atomic E-state index is -2.84. The number of hydrogen-bond donors (Lipinski definition) is 1. The third-order valence-corrected chi connectivity index (χ3v) is 4.17. The van der Waals surface area contributed by atoms with Gasteiger partial charge < -0.3 is 10.1 Å². The first-order valence-electron chi connectivity index (χ1n) is 6.48. The van der Waals surface area contributed by atoms with Crippen LogP contribution in [-0.2, 0) is 13.1 Å². The zero-order valence-electron chi connectivity index (χ0n) is 11.7. The standard InChI is InChI=1S/C14H12ClF2N3OS.ClH/c15-12-10(20-5-6-22-14(20)19-12)8-18-7-9-3-1-2-4-11(9)21-13(16)17;/h1-6,13,18H,7-8H2;1H. The first-order chi connectivity index (χ1) is 10.6. The van der Waals surface area contributed by atoms with Crippen LogP contribution in [0.25, 0.3) is 4.96 Å². The largest absolute Gasteiger partial charge is 0.434 e. The summed E-state index contributed by atoms with van der Waals surface area (Å²) in [5.74, 6) is 0.171. The predicted octanol–water partition coefficient (Wildman–Crippen LogP) is 4.36. The molecule has 0 aliphatic rings. The van der Waals surface area contributed by atoms with Gasteiger partial charge in [0.05, 0.1) is 5.69 Å². The quantitative estimate of drug-likeness (QED) is 0.691. The Kier molecular flexibility index (Phi) is 6.17. The van der Waals surface area contributed by atoms with Gasteiger partial charge in [0.25, 0.3) is 0 Å². The first kappa shape index (κ1) is 17.9. The summed E-state index contributed by atoms with van der Waals surface area (Å²) in [6.07, 6.45) is 1.89. The number of alkyl halides is 2. The van der Waals surface area contributed by atoms with Crippen molar-refractivity contribution in [3.63, 3.8) is 0 Å². The molecule has 0 unspecified atom stereocenters. The maximum absolute atomic E-state index is 12.4. The lowest BCUT2D eigenvalue weighted by Crippen LogP contribution is -2.15. The molecule has 0 amide bonds. The normalized spacial score (nSPS) is 11.0. The van der Waals surface area contributed by atoms with Crippen molar-refractivity contribution >= 4 is 40.3 Å². The molecule has 4 nitrogen and oxygen atoms in total. The van der Waals surface area contributed by atoms with Gasteiger partial charge in [-0.1, -0.05) is 29.8 Å². The summed E-state index contributed by atoms with van der Waals surface area (Å²) in [6.45, 7) is -1.98. The van der Waals surface area contributed by atoms with Gasteiger partial charge in [0.1, 0.15) is 5.75 Å². The Morgan fingerprint density at radius 1 is 1.30 bits per heavy atom. The molecule has 9 heteroatoms. The lowest BCUT2D eigenvalue weighted by atomic mass is 10.2. The van der Waals surface area contributed by atoms with E-state index in [4.69, 9.17) is 11.6 Å². The van der Waals surface area contributed by atoms with Gasteiger partial charge in [-0.05, 0) is 6.07 Å². The Balaban J connectivity index is 0.00000192. The van der Waals surface area contributed by atoms with Crippen molar-refractivity contribution in [2.75, 3.05) is 0 Å². The van der Waals surface area contributed by atoms with Crippen molar-refractivity contribution in [2.45, 2.75) is 19.7 Å². The number of thiazole rings is 1. The molecule has 3 rings (SSSR count). The number of ether oxygens (including phenoxy) is 1. The second kappa shape index (κ2) is 7.92. The molecule has 1 aromatic carbocycles. The zero-order chi connectivity index (χ0) is 15.5. The molecule has 0 radical (unpaired) electrons. The number of imidazole rings is 1. The number of para-hydroxylation sites is 1. The summed E-state index contributed by atoms with van der Waals surface area (Å²) >= 11 is 7.60. The molecule has 124 valence electrons. The van der Waals surface area contributed by atoms with E-state index in [2.05, 4.69) is 15.0 Å². The van der Waals surface area contributed by atoms with Crippen molar-refractivity contribution in [3.8, 4) is 5.75 Å². The molecule has 2 heterocycles. The molecule has 3 aromatic rings. The van der Waals surface area contributed by atoms with Gasteiger partial charge in [0, 0.05) is 30.2 Å². The topological polar surface area (TPSA) is 38.6 Å². The fraction of sp³-hybridized carbons (Fsp3) is 0.214. The number of halogens is 4. The van der Waals surface area contributed by atoms with Crippen molar-refractivity contribution in [2.24, 2.45) is 0 Å². The average Bonchev–Trinajstić information content (AvgIpc) is 3.02. The van der Waals surface area contributed by atoms with Gasteiger partial charge in [0.15, 0.2) is 10.1 Å². The lowest BCUT2D eigenvalue weighted by molar-refractivity contribution is -0.0505. The van der Waals surface area contributed by atoms with Gasteiger partial charge in [-0.25, -0.2) is 4.98 Å². The lowest BCUT2D eigenvalue weighted by Gasteiger charge is -2.11. The molecule has 23 heavy (non-hydrogen) atoms. The van der Waals surface area contributed by atoms with Crippen molar-refractivity contribution in [1.82, 2.24) is 14.7 Å². The molecule has 0 bridgehead atoms. The Morgan fingerprint density at radius 3 is 2.87 bits per heavy atom. The third-order valence-electron chi connectivity index (χ3n) is 3.11. The number of fused-ring (bicyclic) bond motifs is 1. The SMILES string of the molecule is Cl.FC(F)Oc1ccccc1CNCc1c(Cl)nc2sccn12. The summed E-state index contributed by atoms with van der Waals surface area (Å²) in [5, 5.41) is 5.54. The third kappa shape index (κ3) is 4.11. The van der Waals surface area contributed by atoms with E-state index >= 15 is 0 Å². The van der Waals surface area contributed by atoms with E-state index in [1.54, 1.807) is 18.2 Å². The highest BCUT2D eigenvalue weighted by Gasteiger charge is 2.12. The van der Waals surface area contributed by atoms with Crippen LogP contribution in [0, 0.1) is 0 Å². The van der Waals surface area contributed by atoms with E-state index in [9.17, 15) is 8.78 Å². The number of hydrogen-bond acceptors (Lipinski definition) is 4. The number of nitrogens with zero attached hydrogens (tertiary/aromatic N) is 2. The molecule has 0 saturated heterocycles. The number of nitrogens with one attached hydrogen (secondary N) is 1. The van der Waals surface area contributed by atoms with Gasteiger partial charge >= 0.3 is 6.61 Å². The highest BCUT2D eigenvalue weighted by molar-refractivity contribution is 7.15. The summed E-state index contributed by atoms with van der Waals surface area (Å²) in [7, 11) is 0. The summed E-state index contributed by atoms with van der Waals surface area (Å²) in [5.41, 5.74) is 1.50. The highest BCUT2D eigenvalue weighted by atomic mass is 35.5. The van der Waals surface area contributed by atoms with Crippen LogP contribution in [0.1, 0.15) is 11.3 Å². The van der Waals surface area contributed by atoms with Crippen LogP contribution in [-0.4, -0.2) is 16.0 Å². The molecule has 0 saturated carbocycles. The van der Waals surface area contributed by atoms with Crippen LogP contribution in [0.15, 0.2) is 35.8 Å². The van der Waals surface area contributed by atoms with E-state index in [0.717, 1.165) is 10.7 Å². The van der Waals surface area contributed by atoms with Gasteiger partial charge in [-0.2, -0.15) is 8.78 Å². The maximum atomic E-state index is 12.4. The van der Waals surface area contributed by atoms with E-state index in [1.165, 1.54) is 17.4 Å². The van der Waals surface area contributed by atoms with Crippen molar-refractivity contribution in [3.05, 3.63) is 52.3 Å². The maximum Gasteiger partial charge on any atom is 0.387 e. The van der Waals surface area contributed by atoms with Gasteiger partial charge in [-0.3, -0.25) is 4.40 Å². The van der Waals surface area contributed by atoms with Gasteiger partial charge in [-0.15, -0.1) is 23.7 Å². The molecule has 2 aromatic heterocycles. The molecule has 0 atom stereocenters. The van der Waals surface area contributed by atoms with Gasteiger partial charge in [0.2, 0.25) is 0 Å². The molecular formula is C14H13Cl2F2N3OS. The molecule has 0 aliphatic carbocycles. The Bertz CT molecular complexity index is 778. The smallest absolute Gasteiger partial charge is 0.387 e. The number of aromatic nitrogens is 2. The van der Waals surface area contributed by atoms with Crippen LogP contribution >= 0.6 is 35.3 Å². The molecule has 0 fully saturated rings. The Labute approximate surface area is 146 Å². The van der Waals surface area contributed by atoms with Crippen LogP contribution in [0.5, 0.6) is 5.75 Å². The number of benzene rings is 1. The fourth-order valence-electron chi connectivity index (χ4n) is 2.14. The predicted molar refractivity (Wildman–Crippen MR) is 88.9 cm³/mol. The molecular weight excluding hydrogens is 367 g/mol. The molecule has 0 spiro atoms. The van der Waals surface area contributed by atoms with E-state index in [-0.39, 0.29) is 18.2 Å². The van der Waals surface area contributed by atoms with Crippen LogP contribution < -0.4 is 10.1 Å². The minimum Gasteiger partial charge on any atom is -0.434 e. The minimum absolute atomic E-state index is 0. The first-order valence-corrected chi connectivity index (χ1v) is 7.74. The number of rotatable bonds is 6. The average molecular weight is 380 g/mol. The van der Waals surface area contributed by atoms with Crippen LogP contribution in [0.2, 0.25) is 5.15 Å². The molecule has 1 N–H and O–H groups in total.